The van der Waals surface area contributed by atoms with Crippen LogP contribution >= 0.6 is 11.3 Å². The summed E-state index contributed by atoms with van der Waals surface area (Å²) in [6.07, 6.45) is 5.82. The van der Waals surface area contributed by atoms with Gasteiger partial charge in [0.1, 0.15) is 16.6 Å². The van der Waals surface area contributed by atoms with Gasteiger partial charge in [-0.1, -0.05) is 30.3 Å². The first-order chi connectivity index (χ1) is 9.85. The lowest BCUT2D eigenvalue weighted by atomic mass is 10.2. The van der Waals surface area contributed by atoms with Gasteiger partial charge in [0.25, 0.3) is 0 Å². The summed E-state index contributed by atoms with van der Waals surface area (Å²) in [7, 11) is 0. The van der Waals surface area contributed by atoms with Crippen LogP contribution in [0.25, 0.3) is 22.8 Å². The highest BCUT2D eigenvalue weighted by Crippen LogP contribution is 2.26. The molecule has 0 saturated carbocycles. The molecule has 3 rings (SSSR count). The summed E-state index contributed by atoms with van der Waals surface area (Å²) in [6, 6.07) is 17.9. The Morgan fingerprint density at radius 3 is 2.70 bits per heavy atom. The summed E-state index contributed by atoms with van der Waals surface area (Å²) < 4.78 is 1.77. The average molecular weight is 277 g/mol. The van der Waals surface area contributed by atoms with E-state index in [0.29, 0.717) is 4.88 Å². The highest BCUT2D eigenvalue weighted by atomic mass is 32.1. The maximum Gasteiger partial charge on any atom is 0.110 e. The molecule has 0 atom stereocenters. The molecule has 3 nitrogen and oxygen atoms in total. The summed E-state index contributed by atoms with van der Waals surface area (Å²) in [5.41, 5.74) is 2.02. The van der Waals surface area contributed by atoms with Crippen LogP contribution in [0.4, 0.5) is 0 Å². The second-order valence-electron chi connectivity index (χ2n) is 4.18. The van der Waals surface area contributed by atoms with Gasteiger partial charge in [-0.15, -0.1) is 11.3 Å². The van der Waals surface area contributed by atoms with Crippen LogP contribution in [-0.4, -0.2) is 9.78 Å². The summed E-state index contributed by atoms with van der Waals surface area (Å²) in [5, 5.41) is 13.3. The zero-order chi connectivity index (χ0) is 13.8. The van der Waals surface area contributed by atoms with Gasteiger partial charge < -0.3 is 0 Å². The lowest BCUT2D eigenvalue weighted by molar-refractivity contribution is 0.943. The Morgan fingerprint density at radius 2 is 1.95 bits per heavy atom. The van der Waals surface area contributed by atoms with Crippen LogP contribution in [0.2, 0.25) is 0 Å². The van der Waals surface area contributed by atoms with Crippen LogP contribution in [0.3, 0.4) is 0 Å². The van der Waals surface area contributed by atoms with E-state index in [1.807, 2.05) is 67.0 Å². The van der Waals surface area contributed by atoms with E-state index in [0.717, 1.165) is 16.1 Å². The number of nitrogens with zero attached hydrogens (tertiary/aromatic N) is 3. The molecule has 2 heterocycles. The predicted molar refractivity (Wildman–Crippen MR) is 81.9 cm³/mol. The molecule has 0 unspecified atom stereocenters. The molecule has 0 aliphatic heterocycles. The van der Waals surface area contributed by atoms with Crippen molar-refractivity contribution in [3.63, 3.8) is 0 Å². The predicted octanol–water partition coefficient (Wildman–Crippen LogP) is 4.11. The van der Waals surface area contributed by atoms with Gasteiger partial charge in [0.2, 0.25) is 0 Å². The van der Waals surface area contributed by atoms with Crippen molar-refractivity contribution >= 4 is 23.6 Å². The Hall–Kier alpha value is -2.64. The topological polar surface area (TPSA) is 41.6 Å². The number of thiophene rings is 1. The van der Waals surface area contributed by atoms with Gasteiger partial charge in [-0.05, 0) is 29.8 Å². The van der Waals surface area contributed by atoms with Gasteiger partial charge in [0, 0.05) is 12.4 Å². The lowest BCUT2D eigenvalue weighted by Gasteiger charge is -1.93. The third-order valence-corrected chi connectivity index (χ3v) is 3.81. The van der Waals surface area contributed by atoms with E-state index in [9.17, 15) is 0 Å². The Bertz CT molecular complexity index is 775. The summed E-state index contributed by atoms with van der Waals surface area (Å²) in [6.45, 7) is 0. The zero-order valence-electron chi connectivity index (χ0n) is 10.6. The molecule has 1 aromatic carbocycles. The van der Waals surface area contributed by atoms with E-state index in [1.165, 1.54) is 11.3 Å². The first-order valence-electron chi connectivity index (χ1n) is 6.14. The fraction of sp³-hybridized carbons (Fsp3) is 0. The Kier molecular flexibility index (Phi) is 3.44. The Labute approximate surface area is 121 Å². The molecule has 0 radical (unpaired) electrons. The average Bonchev–Trinajstić information content (AvgIpc) is 3.15. The number of benzene rings is 1. The van der Waals surface area contributed by atoms with Crippen LogP contribution in [0.5, 0.6) is 0 Å². The van der Waals surface area contributed by atoms with E-state index in [-0.39, 0.29) is 0 Å². The quantitative estimate of drug-likeness (QED) is 0.723. The SMILES string of the molecule is N#Cc1ccc(-c2ccn(C=Cc3ccccc3)n2)s1. The van der Waals surface area contributed by atoms with Crippen molar-refractivity contribution in [3.8, 4) is 16.6 Å². The van der Waals surface area contributed by atoms with Crippen LogP contribution in [0, 0.1) is 11.3 Å². The van der Waals surface area contributed by atoms with Crippen molar-refractivity contribution in [2.24, 2.45) is 0 Å². The molecule has 20 heavy (non-hydrogen) atoms. The largest absolute Gasteiger partial charge is 0.248 e. The van der Waals surface area contributed by atoms with Crippen molar-refractivity contribution in [1.82, 2.24) is 9.78 Å². The number of hydrogen-bond donors (Lipinski definition) is 0. The molecule has 0 bridgehead atoms. The molecule has 0 aliphatic carbocycles. The molecule has 0 spiro atoms. The molecule has 0 N–H and O–H groups in total. The normalized spacial score (nSPS) is 10.8. The summed E-state index contributed by atoms with van der Waals surface area (Å²) in [4.78, 5) is 1.71. The van der Waals surface area contributed by atoms with E-state index in [4.69, 9.17) is 5.26 Å². The smallest absolute Gasteiger partial charge is 0.110 e. The first kappa shape index (κ1) is 12.4. The molecule has 2 aromatic heterocycles. The van der Waals surface area contributed by atoms with Crippen molar-refractivity contribution < 1.29 is 0 Å². The van der Waals surface area contributed by atoms with E-state index >= 15 is 0 Å². The third-order valence-electron chi connectivity index (χ3n) is 2.80. The molecule has 4 heteroatoms. The number of nitriles is 1. The fourth-order valence-corrected chi connectivity index (χ4v) is 2.58. The maximum absolute atomic E-state index is 8.84. The Balaban J connectivity index is 1.80. The van der Waals surface area contributed by atoms with Crippen LogP contribution in [0.15, 0.2) is 54.7 Å². The molecule has 3 aromatic rings. The van der Waals surface area contributed by atoms with Crippen molar-refractivity contribution in [2.45, 2.75) is 0 Å². The number of hydrogen-bond acceptors (Lipinski definition) is 3. The molecule has 0 fully saturated rings. The molecule has 0 aliphatic rings. The third kappa shape index (κ3) is 2.68. The van der Waals surface area contributed by atoms with Gasteiger partial charge in [-0.3, -0.25) is 0 Å². The minimum atomic E-state index is 0.703. The van der Waals surface area contributed by atoms with Gasteiger partial charge in [-0.2, -0.15) is 10.4 Å². The summed E-state index contributed by atoms with van der Waals surface area (Å²) >= 11 is 1.45. The first-order valence-corrected chi connectivity index (χ1v) is 6.95. The molecule has 96 valence electrons. The Morgan fingerprint density at radius 1 is 1.10 bits per heavy atom. The van der Waals surface area contributed by atoms with Crippen LogP contribution in [-0.2, 0) is 0 Å². The lowest BCUT2D eigenvalue weighted by Crippen LogP contribution is -1.86. The van der Waals surface area contributed by atoms with Crippen molar-refractivity contribution in [1.29, 1.82) is 5.26 Å². The van der Waals surface area contributed by atoms with Gasteiger partial charge in [0.05, 0.1) is 4.88 Å². The van der Waals surface area contributed by atoms with Gasteiger partial charge >= 0.3 is 0 Å². The second kappa shape index (κ2) is 5.55. The molecule has 0 saturated heterocycles. The van der Waals surface area contributed by atoms with E-state index in [1.54, 1.807) is 4.68 Å². The van der Waals surface area contributed by atoms with E-state index < -0.39 is 0 Å². The minimum absolute atomic E-state index is 0.703. The minimum Gasteiger partial charge on any atom is -0.248 e. The van der Waals surface area contributed by atoms with Crippen LogP contribution < -0.4 is 0 Å². The second-order valence-corrected chi connectivity index (χ2v) is 5.27. The van der Waals surface area contributed by atoms with Crippen molar-refractivity contribution in [2.75, 3.05) is 0 Å². The van der Waals surface area contributed by atoms with Crippen molar-refractivity contribution in [3.05, 3.63) is 65.2 Å². The maximum atomic E-state index is 8.84. The fourth-order valence-electron chi connectivity index (χ4n) is 1.81. The summed E-state index contributed by atoms with van der Waals surface area (Å²) in [5.74, 6) is 0. The standard InChI is InChI=1S/C16H11N3S/c17-12-14-6-7-16(20-14)15-9-11-19(18-15)10-8-13-4-2-1-3-5-13/h1-11H. The molecule has 0 amide bonds. The van der Waals surface area contributed by atoms with Crippen LogP contribution in [0.1, 0.15) is 10.4 Å². The molecular weight excluding hydrogens is 266 g/mol. The molecular formula is C16H11N3S. The highest BCUT2D eigenvalue weighted by Gasteiger charge is 2.04. The van der Waals surface area contributed by atoms with Gasteiger partial charge in [0.15, 0.2) is 0 Å². The monoisotopic (exact) mass is 277 g/mol. The highest BCUT2D eigenvalue weighted by molar-refractivity contribution is 7.15. The van der Waals surface area contributed by atoms with Gasteiger partial charge in [-0.25, -0.2) is 4.68 Å². The number of aromatic nitrogens is 2. The zero-order valence-corrected chi connectivity index (χ0v) is 11.4. The van der Waals surface area contributed by atoms with E-state index in [2.05, 4.69) is 11.2 Å². The number of rotatable bonds is 3.